The molecule has 6 nitrogen and oxygen atoms in total. The maximum Gasteiger partial charge on any atom is 0.226 e. The summed E-state index contributed by atoms with van der Waals surface area (Å²) >= 11 is 11.4. The number of halogens is 2. The van der Waals surface area contributed by atoms with E-state index in [1.54, 1.807) is 18.2 Å². The van der Waals surface area contributed by atoms with E-state index >= 15 is 0 Å². The van der Waals surface area contributed by atoms with Crippen LogP contribution < -0.4 is 11.2 Å². The van der Waals surface area contributed by atoms with Gasteiger partial charge in [-0.1, -0.05) is 29.3 Å². The fraction of sp³-hybridized carbons (Fsp3) is 0.357. The predicted octanol–water partition coefficient (Wildman–Crippen LogP) is 2.47. The number of hydrogen-bond acceptors (Lipinski definition) is 3. The number of aromatic nitrogens is 1. The summed E-state index contributed by atoms with van der Waals surface area (Å²) in [6, 6.07) is 3.34. The minimum absolute atomic E-state index is 0.0690. The van der Waals surface area contributed by atoms with Crippen LogP contribution in [0.5, 0.6) is 0 Å². The van der Waals surface area contributed by atoms with E-state index in [4.69, 9.17) is 33.8 Å². The highest BCUT2D eigenvalue weighted by Crippen LogP contribution is 2.12. The molecule has 0 bridgehead atoms. The lowest BCUT2D eigenvalue weighted by atomic mass is 10.1. The molecule has 3 N–H and O–H groups in total. The normalized spacial score (nSPS) is 15.0. The van der Waals surface area contributed by atoms with Crippen molar-refractivity contribution in [1.82, 2.24) is 10.5 Å². The number of guanidine groups is 1. The molecule has 0 fully saturated rings. The van der Waals surface area contributed by atoms with E-state index in [2.05, 4.69) is 14.9 Å². The van der Waals surface area contributed by atoms with Gasteiger partial charge >= 0.3 is 0 Å². The third-order valence-corrected chi connectivity index (χ3v) is 4.83. The van der Waals surface area contributed by atoms with Crippen LogP contribution in [0.25, 0.3) is 0 Å². The van der Waals surface area contributed by atoms with Crippen molar-refractivity contribution in [1.29, 1.82) is 0 Å². The number of hydrogen-bond donors (Lipinski definition) is 2. The van der Waals surface area contributed by atoms with Crippen LogP contribution in [0.15, 0.2) is 34.3 Å². The molecule has 1 heterocycles. The Hall–Kier alpha value is -1.28. The molecule has 0 aliphatic heterocycles. The maximum atomic E-state index is 13.0. The van der Waals surface area contributed by atoms with Crippen molar-refractivity contribution in [2.75, 3.05) is 6.26 Å². The summed E-state index contributed by atoms with van der Waals surface area (Å²) in [7, 11) is -2.81. The number of nitrogens with zero attached hydrogens (tertiary/aromatic N) is 2. The van der Waals surface area contributed by atoms with E-state index in [9.17, 15) is 4.21 Å². The van der Waals surface area contributed by atoms with Crippen LogP contribution in [0, 0.1) is 0 Å². The van der Waals surface area contributed by atoms with Gasteiger partial charge in [0, 0.05) is 34.8 Å². The van der Waals surface area contributed by atoms with Crippen molar-refractivity contribution >= 4 is 43.7 Å². The number of nitrogens with one attached hydrogen (secondary N) is 1. The van der Waals surface area contributed by atoms with E-state index in [0.717, 1.165) is 0 Å². The van der Waals surface area contributed by atoms with Gasteiger partial charge in [0.05, 0.1) is 15.8 Å². The fourth-order valence-corrected chi connectivity index (χ4v) is 3.31. The van der Waals surface area contributed by atoms with Gasteiger partial charge < -0.3 is 5.73 Å². The van der Waals surface area contributed by atoms with Crippen LogP contribution in [0.4, 0.5) is 0 Å². The molecule has 0 aliphatic carbocycles. The van der Waals surface area contributed by atoms with Crippen LogP contribution in [0.2, 0.25) is 5.15 Å². The van der Waals surface area contributed by atoms with Gasteiger partial charge in [-0.2, -0.15) is 4.40 Å². The number of nitrogens with two attached hydrogens (primary N) is 1. The molecular weight excluding hydrogens is 359 g/mol. The Labute approximate surface area is 146 Å². The van der Waals surface area contributed by atoms with Crippen LogP contribution in [-0.2, 0) is 14.5 Å². The Kier molecular flexibility index (Phi) is 7.84. The van der Waals surface area contributed by atoms with Gasteiger partial charge in [-0.05, 0) is 26.0 Å². The lowest BCUT2D eigenvalue weighted by molar-refractivity contribution is 0.0326. The van der Waals surface area contributed by atoms with Crippen molar-refractivity contribution < 1.29 is 9.05 Å². The zero-order valence-corrected chi connectivity index (χ0v) is 15.5. The first-order valence-corrected chi connectivity index (χ1v) is 9.49. The third-order valence-electron chi connectivity index (χ3n) is 2.57. The monoisotopic (exact) mass is 378 g/mol. The summed E-state index contributed by atoms with van der Waals surface area (Å²) in [5.41, 5.74) is 10.2. The first-order chi connectivity index (χ1) is 10.8. The van der Waals surface area contributed by atoms with Gasteiger partial charge in [0.1, 0.15) is 5.15 Å². The van der Waals surface area contributed by atoms with E-state index < -0.39 is 9.71 Å². The summed E-state index contributed by atoms with van der Waals surface area (Å²) in [6.07, 6.45) is 4.93. The SMILES string of the molecule is CC(C)ONC(N)=NS(C)(=O)=C(CC=CCl)c1ccc(Cl)nc1. The van der Waals surface area contributed by atoms with Crippen molar-refractivity contribution in [3.05, 3.63) is 40.7 Å². The molecule has 1 aromatic heterocycles. The Morgan fingerprint density at radius 1 is 1.57 bits per heavy atom. The molecule has 0 saturated carbocycles. The zero-order chi connectivity index (χ0) is 17.5. The highest BCUT2D eigenvalue weighted by molar-refractivity contribution is 8.01. The summed E-state index contributed by atoms with van der Waals surface area (Å²) in [5, 5.41) is 0.346. The predicted molar refractivity (Wildman–Crippen MR) is 98.0 cm³/mol. The smallest absolute Gasteiger partial charge is 0.226 e. The van der Waals surface area contributed by atoms with Crippen LogP contribution in [0.1, 0.15) is 25.8 Å². The van der Waals surface area contributed by atoms with Gasteiger partial charge in [-0.3, -0.25) is 4.84 Å². The Bertz CT molecular complexity index is 693. The van der Waals surface area contributed by atoms with Gasteiger partial charge in [0.2, 0.25) is 5.96 Å². The van der Waals surface area contributed by atoms with Gasteiger partial charge in [-0.15, -0.1) is 0 Å². The quantitative estimate of drug-likeness (QED) is 0.198. The molecule has 1 rings (SSSR count). The minimum Gasteiger partial charge on any atom is -0.367 e. The summed E-state index contributed by atoms with van der Waals surface area (Å²) in [5.74, 6) is -0.0690. The Morgan fingerprint density at radius 2 is 2.26 bits per heavy atom. The number of allylic oxidation sites excluding steroid dienone is 1. The molecule has 1 atom stereocenters. The zero-order valence-electron chi connectivity index (χ0n) is 13.1. The highest BCUT2D eigenvalue weighted by atomic mass is 35.5. The van der Waals surface area contributed by atoms with Crippen molar-refractivity contribution in [2.45, 2.75) is 26.4 Å². The molecule has 0 aromatic carbocycles. The standard InChI is InChI=1S/C14H20Cl2N4O2S/c1-10(2)22-19-14(17)20-23(3,21)12(5-4-8-15)11-6-7-13(16)18-9-11/h4,6-10H,5H2,1-3H3,(H3,17,19,20,21). The molecule has 0 amide bonds. The lowest BCUT2D eigenvalue weighted by Gasteiger charge is -2.12. The molecule has 9 heteroatoms. The van der Waals surface area contributed by atoms with Crippen molar-refractivity contribution in [2.24, 2.45) is 10.1 Å². The van der Waals surface area contributed by atoms with Gasteiger partial charge in [-0.25, -0.2) is 14.7 Å². The second kappa shape index (κ2) is 9.12. The van der Waals surface area contributed by atoms with Crippen LogP contribution in [0.3, 0.4) is 0 Å². The van der Waals surface area contributed by atoms with Gasteiger partial charge in [0.25, 0.3) is 0 Å². The first-order valence-electron chi connectivity index (χ1n) is 6.75. The highest BCUT2D eigenvalue weighted by Gasteiger charge is 2.12. The summed E-state index contributed by atoms with van der Waals surface area (Å²) < 4.78 is 17.0. The minimum atomic E-state index is -2.81. The molecule has 0 saturated heterocycles. The number of hydroxylamine groups is 1. The van der Waals surface area contributed by atoms with Crippen LogP contribution in [-0.4, -0.2) is 32.4 Å². The first kappa shape index (κ1) is 19.8. The molecule has 23 heavy (non-hydrogen) atoms. The van der Waals surface area contributed by atoms with E-state index in [-0.39, 0.29) is 12.1 Å². The molecule has 128 valence electrons. The summed E-state index contributed by atoms with van der Waals surface area (Å²) in [6.45, 7) is 3.65. The Morgan fingerprint density at radius 3 is 2.78 bits per heavy atom. The van der Waals surface area contributed by atoms with Gasteiger partial charge in [0.15, 0.2) is 0 Å². The molecular formula is C14H20Cl2N4O2S. The molecule has 0 radical (unpaired) electrons. The largest absolute Gasteiger partial charge is 0.367 e. The van der Waals surface area contributed by atoms with Crippen molar-refractivity contribution in [3.8, 4) is 0 Å². The second-order valence-electron chi connectivity index (χ2n) is 4.91. The average Bonchev–Trinajstić information content (AvgIpc) is 2.46. The van der Waals surface area contributed by atoms with E-state index in [1.165, 1.54) is 18.0 Å². The molecule has 0 spiro atoms. The summed E-state index contributed by atoms with van der Waals surface area (Å²) in [4.78, 5) is 9.66. The second-order valence-corrected chi connectivity index (χ2v) is 7.83. The average molecular weight is 379 g/mol. The van der Waals surface area contributed by atoms with Crippen LogP contribution >= 0.6 is 23.2 Å². The van der Waals surface area contributed by atoms with E-state index in [0.29, 0.717) is 22.0 Å². The number of pyridine rings is 1. The van der Waals surface area contributed by atoms with E-state index in [1.807, 2.05) is 13.8 Å². The number of rotatable bonds is 6. The topological polar surface area (TPSA) is 89.6 Å². The fourth-order valence-electron chi connectivity index (χ4n) is 1.62. The molecule has 1 unspecified atom stereocenters. The molecule has 1 aromatic rings. The molecule has 0 aliphatic rings. The lowest BCUT2D eigenvalue weighted by Crippen LogP contribution is -2.35. The Balaban J connectivity index is 3.28. The van der Waals surface area contributed by atoms with Crippen molar-refractivity contribution in [3.63, 3.8) is 0 Å². The maximum absolute atomic E-state index is 13.0. The third kappa shape index (κ3) is 6.78.